The third-order valence-corrected chi connectivity index (χ3v) is 14.1. The summed E-state index contributed by atoms with van der Waals surface area (Å²) in [5, 5.41) is 17.0. The van der Waals surface area contributed by atoms with E-state index in [1.54, 1.807) is 30.5 Å². The smallest absolute Gasteiger partial charge is 0.293 e. The number of nitro benzene ring substituents is 1. The van der Waals surface area contributed by atoms with Crippen LogP contribution in [0.15, 0.2) is 95.5 Å². The van der Waals surface area contributed by atoms with Crippen LogP contribution < -0.4 is 19.7 Å². The maximum absolute atomic E-state index is 14.0. The second-order valence-electron chi connectivity index (χ2n) is 17.1. The first-order valence-corrected chi connectivity index (χ1v) is 23.2. The van der Waals surface area contributed by atoms with Gasteiger partial charge in [-0.15, -0.1) is 0 Å². The molecular formula is C46H50Cl2N6O7S. The number of ether oxygens (including phenoxy) is 2. The minimum Gasteiger partial charge on any atom is -0.455 e. The second-order valence-corrected chi connectivity index (χ2v) is 19.7. The Bertz CT molecular complexity index is 2620. The molecule has 5 aromatic rings. The van der Waals surface area contributed by atoms with Gasteiger partial charge < -0.3 is 24.7 Å². The Morgan fingerprint density at radius 2 is 1.73 bits per heavy atom. The van der Waals surface area contributed by atoms with Crippen molar-refractivity contribution in [2.75, 3.05) is 62.7 Å². The third-order valence-electron chi connectivity index (χ3n) is 12.2. The number of fused-ring (bicyclic) bond motifs is 1. The van der Waals surface area contributed by atoms with E-state index in [-0.39, 0.29) is 39.1 Å². The molecule has 0 atom stereocenters. The van der Waals surface area contributed by atoms with Gasteiger partial charge in [0.25, 0.3) is 21.6 Å². The number of anilines is 2. The number of amides is 1. The lowest BCUT2D eigenvalue weighted by Gasteiger charge is -2.39. The van der Waals surface area contributed by atoms with Crippen molar-refractivity contribution in [3.8, 4) is 11.5 Å². The van der Waals surface area contributed by atoms with Gasteiger partial charge in [0, 0.05) is 92.4 Å². The lowest BCUT2D eigenvalue weighted by molar-refractivity contribution is -0.384. The van der Waals surface area contributed by atoms with E-state index in [0.717, 1.165) is 79.4 Å². The molecule has 3 N–H and O–H groups in total. The number of carbonyl (C=O) groups excluding carboxylic acids is 1. The number of sulfonamides is 1. The van der Waals surface area contributed by atoms with Crippen LogP contribution in [0, 0.1) is 21.4 Å². The molecule has 1 aromatic heterocycles. The standard InChI is InChI=1S/C46H50Cl2N6O7S/c1-46(2)15-11-33(38(27-46)31-3-5-34(47)6-4-31)29-52-17-19-53(20-18-52)35-7-9-37(43(24-35)61-44-23-32-12-16-49-41(32)26-39(44)48)45(55)51-62(58,59)36-8-10-40(42(25-36)54(56)57)50-28-30-13-21-60-22-14-30/h3-10,12,16,23-26,30,49-50H,11,13-15,17-22,27-29H2,1-2H3,(H,51,55). The molecular weight excluding hydrogens is 852 g/mol. The normalized spacial score (nSPS) is 17.6. The molecule has 0 bridgehead atoms. The van der Waals surface area contributed by atoms with Gasteiger partial charge in [-0.25, -0.2) is 13.1 Å². The number of allylic oxidation sites excluding steroid dienone is 1. The lowest BCUT2D eigenvalue weighted by Crippen LogP contribution is -2.47. The van der Waals surface area contributed by atoms with Crippen LogP contribution in [0.1, 0.15) is 61.9 Å². The minimum absolute atomic E-state index is 0.0627. The molecule has 62 heavy (non-hydrogen) atoms. The maximum Gasteiger partial charge on any atom is 0.293 e. The first kappa shape index (κ1) is 43.5. The molecule has 13 nitrogen and oxygen atoms in total. The van der Waals surface area contributed by atoms with Gasteiger partial charge in [0.05, 0.1) is 20.4 Å². The number of nitro groups is 1. The van der Waals surface area contributed by atoms with E-state index in [0.29, 0.717) is 32.8 Å². The van der Waals surface area contributed by atoms with E-state index in [1.807, 2.05) is 18.2 Å². The van der Waals surface area contributed by atoms with Gasteiger partial charge >= 0.3 is 0 Å². The molecule has 2 aliphatic heterocycles. The van der Waals surface area contributed by atoms with Crippen LogP contribution in [0.3, 0.4) is 0 Å². The quantitative estimate of drug-likeness (QED) is 0.0767. The van der Waals surface area contributed by atoms with Crippen molar-refractivity contribution in [3.05, 3.63) is 122 Å². The number of hydrogen-bond donors (Lipinski definition) is 3. The zero-order chi connectivity index (χ0) is 43.6. The molecule has 1 amide bonds. The summed E-state index contributed by atoms with van der Waals surface area (Å²) in [5.74, 6) is -0.335. The molecule has 1 aliphatic carbocycles. The number of piperazine rings is 1. The van der Waals surface area contributed by atoms with Crippen LogP contribution in [0.5, 0.6) is 11.5 Å². The SMILES string of the molecule is CC1(C)CCC(CN2CCN(c3ccc(C(=O)NS(=O)(=O)c4ccc(NCC5CCOCC5)c([N+](=O)[O-])c4)c(Oc4cc5cc[nH]c5cc4Cl)c3)CC2)=C(c2ccc(Cl)cc2)C1. The van der Waals surface area contributed by atoms with Crippen molar-refractivity contribution < 1.29 is 27.6 Å². The predicted octanol–water partition coefficient (Wildman–Crippen LogP) is 9.92. The van der Waals surface area contributed by atoms with E-state index >= 15 is 0 Å². The summed E-state index contributed by atoms with van der Waals surface area (Å²) >= 11 is 12.9. The highest BCUT2D eigenvalue weighted by atomic mass is 35.5. The number of benzene rings is 4. The number of aromatic nitrogens is 1. The average molecular weight is 902 g/mol. The molecule has 0 spiro atoms. The summed E-state index contributed by atoms with van der Waals surface area (Å²) in [5.41, 5.74) is 5.61. The van der Waals surface area contributed by atoms with E-state index in [2.05, 4.69) is 50.8 Å². The van der Waals surface area contributed by atoms with E-state index < -0.39 is 31.4 Å². The van der Waals surface area contributed by atoms with Crippen LogP contribution >= 0.6 is 23.2 Å². The summed E-state index contributed by atoms with van der Waals surface area (Å²) in [6.45, 7) is 10.3. The van der Waals surface area contributed by atoms with Crippen molar-refractivity contribution >= 4 is 72.7 Å². The van der Waals surface area contributed by atoms with E-state index in [9.17, 15) is 23.3 Å². The van der Waals surface area contributed by atoms with Crippen LogP contribution in [0.4, 0.5) is 17.1 Å². The Labute approximate surface area is 371 Å². The first-order chi connectivity index (χ1) is 29.7. The Kier molecular flexibility index (Phi) is 12.9. The fourth-order valence-electron chi connectivity index (χ4n) is 8.55. The molecule has 0 saturated carbocycles. The topological polar surface area (TPSA) is 159 Å². The summed E-state index contributed by atoms with van der Waals surface area (Å²) in [4.78, 5) is 32.8. The molecule has 16 heteroatoms. The Morgan fingerprint density at radius 1 is 0.968 bits per heavy atom. The van der Waals surface area contributed by atoms with Crippen molar-refractivity contribution in [1.82, 2.24) is 14.6 Å². The van der Waals surface area contributed by atoms with Gasteiger partial charge in [0.15, 0.2) is 0 Å². The molecule has 8 rings (SSSR count). The Hall–Kier alpha value is -5.12. The van der Waals surface area contributed by atoms with E-state index in [4.69, 9.17) is 32.7 Å². The highest BCUT2D eigenvalue weighted by molar-refractivity contribution is 7.90. The third kappa shape index (κ3) is 10.1. The summed E-state index contributed by atoms with van der Waals surface area (Å²) in [6.07, 6.45) is 6.59. The molecule has 0 radical (unpaired) electrons. The van der Waals surface area contributed by atoms with Crippen LogP contribution in [-0.2, 0) is 14.8 Å². The average Bonchev–Trinajstić information content (AvgIpc) is 3.71. The minimum atomic E-state index is -4.57. The van der Waals surface area contributed by atoms with Crippen LogP contribution in [0.2, 0.25) is 10.0 Å². The van der Waals surface area contributed by atoms with Crippen LogP contribution in [0.25, 0.3) is 16.5 Å². The van der Waals surface area contributed by atoms with Crippen LogP contribution in [-0.4, -0.2) is 81.6 Å². The molecule has 3 aliphatic rings. The molecule has 4 aromatic carbocycles. The predicted molar refractivity (Wildman–Crippen MR) is 244 cm³/mol. The number of halogens is 2. The monoisotopic (exact) mass is 900 g/mol. The number of hydrogen-bond acceptors (Lipinski definition) is 10. The van der Waals surface area contributed by atoms with Gasteiger partial charge in [0.1, 0.15) is 17.2 Å². The second kappa shape index (κ2) is 18.3. The lowest BCUT2D eigenvalue weighted by atomic mass is 9.72. The fourth-order valence-corrected chi connectivity index (χ4v) is 9.86. The molecule has 0 unspecified atom stereocenters. The van der Waals surface area contributed by atoms with Gasteiger partial charge in [0.2, 0.25) is 0 Å². The number of rotatable bonds is 13. The van der Waals surface area contributed by atoms with Crippen molar-refractivity contribution in [3.63, 3.8) is 0 Å². The molecule has 3 heterocycles. The van der Waals surface area contributed by atoms with Crippen molar-refractivity contribution in [2.45, 2.75) is 50.8 Å². The number of nitrogens with one attached hydrogen (secondary N) is 3. The Balaban J connectivity index is 1.02. The zero-order valence-corrected chi connectivity index (χ0v) is 37.0. The molecule has 2 saturated heterocycles. The fraction of sp³-hybridized carbons (Fsp3) is 0.370. The number of carbonyl (C=O) groups is 1. The van der Waals surface area contributed by atoms with Crippen molar-refractivity contribution in [1.29, 1.82) is 0 Å². The number of nitrogens with zero attached hydrogens (tertiary/aromatic N) is 3. The van der Waals surface area contributed by atoms with Gasteiger partial charge in [-0.2, -0.15) is 0 Å². The van der Waals surface area contributed by atoms with E-state index in [1.165, 1.54) is 34.9 Å². The van der Waals surface area contributed by atoms with Gasteiger partial charge in [-0.3, -0.25) is 19.8 Å². The number of H-pyrrole nitrogens is 1. The zero-order valence-electron chi connectivity index (χ0n) is 34.7. The summed E-state index contributed by atoms with van der Waals surface area (Å²) in [7, 11) is -4.57. The Morgan fingerprint density at radius 3 is 2.47 bits per heavy atom. The highest BCUT2D eigenvalue weighted by Crippen LogP contribution is 2.44. The summed E-state index contributed by atoms with van der Waals surface area (Å²) < 4.78 is 41.3. The molecule has 326 valence electrons. The largest absolute Gasteiger partial charge is 0.455 e. The first-order valence-electron chi connectivity index (χ1n) is 20.9. The van der Waals surface area contributed by atoms with Gasteiger partial charge in [-0.05, 0) is 109 Å². The summed E-state index contributed by atoms with van der Waals surface area (Å²) in [6, 6.07) is 22.1. The number of aromatic amines is 1. The maximum atomic E-state index is 14.0. The van der Waals surface area contributed by atoms with Gasteiger partial charge in [-0.1, -0.05) is 54.8 Å². The molecule has 2 fully saturated rings. The highest BCUT2D eigenvalue weighted by Gasteiger charge is 2.31. The van der Waals surface area contributed by atoms with Crippen molar-refractivity contribution in [2.24, 2.45) is 11.3 Å².